The van der Waals surface area contributed by atoms with Gasteiger partial charge in [-0.1, -0.05) is 135 Å². The number of nitrogens with two attached hydrogens (primary N) is 1. The molecule has 0 amide bonds. The van der Waals surface area contributed by atoms with E-state index in [-0.39, 0.29) is 31.0 Å². The minimum absolute atomic E-state index is 0.0237. The zero-order valence-corrected chi connectivity index (χ0v) is 35.1. The molecule has 0 aromatic carbocycles. The van der Waals surface area contributed by atoms with Crippen LogP contribution in [-0.2, 0) is 42.3 Å². The van der Waals surface area contributed by atoms with Gasteiger partial charge in [-0.25, -0.2) is 4.57 Å². The van der Waals surface area contributed by atoms with Crippen LogP contribution < -0.4 is 5.73 Å². The second-order valence-electron chi connectivity index (χ2n) is 15.3. The van der Waals surface area contributed by atoms with E-state index < -0.39 is 75.8 Å². The third kappa shape index (κ3) is 25.9. The van der Waals surface area contributed by atoms with Crippen molar-refractivity contribution in [3.05, 3.63) is 12.2 Å². The standard InChI is InChI=1S/C41H74NO13P/c1-3-5-7-8-9-10-11-12-13-14-15-20-24-39(46)52-29-33(30-53-56(50,51)54-31-36(42)41(48)49)55-40(47)25-21-17-16-19-23-34-35(38(45)28-37(34)44)27-26-32(43)22-18-6-4-2/h26-27,32-37,43-44H,3-25,28-31,42H2,1-2H3,(H,48,49)(H,50,51)/b27-26+/t32-,33+,34+,35+,36-,37-/m0/s1. The first kappa shape index (κ1) is 51.8. The Morgan fingerprint density at radius 2 is 1.30 bits per heavy atom. The third-order valence-corrected chi connectivity index (χ3v) is 11.1. The summed E-state index contributed by atoms with van der Waals surface area (Å²) in [5, 5.41) is 29.6. The molecule has 1 rings (SSSR count). The van der Waals surface area contributed by atoms with Gasteiger partial charge in [0, 0.05) is 25.2 Å². The number of ketones is 1. The van der Waals surface area contributed by atoms with Gasteiger partial charge in [0.1, 0.15) is 18.4 Å². The number of phosphoric acid groups is 1. The molecule has 56 heavy (non-hydrogen) atoms. The molecule has 0 spiro atoms. The van der Waals surface area contributed by atoms with Crippen LogP contribution in [0.4, 0.5) is 0 Å². The largest absolute Gasteiger partial charge is 0.480 e. The van der Waals surface area contributed by atoms with E-state index in [2.05, 4.69) is 18.4 Å². The predicted molar refractivity (Wildman–Crippen MR) is 213 cm³/mol. The minimum atomic E-state index is -4.78. The topological polar surface area (TPSA) is 229 Å². The van der Waals surface area contributed by atoms with Crippen molar-refractivity contribution in [3.63, 3.8) is 0 Å². The summed E-state index contributed by atoms with van der Waals surface area (Å²) >= 11 is 0. The monoisotopic (exact) mass is 819 g/mol. The average molecular weight is 820 g/mol. The number of esters is 2. The number of hydrogen-bond donors (Lipinski definition) is 5. The maximum Gasteiger partial charge on any atom is 0.472 e. The Kier molecular flexibility index (Phi) is 29.4. The molecule has 0 radical (unpaired) electrons. The Bertz CT molecular complexity index is 1170. The van der Waals surface area contributed by atoms with Gasteiger partial charge < -0.3 is 35.4 Å². The molecule has 1 unspecified atom stereocenters. The van der Waals surface area contributed by atoms with Crippen LogP contribution in [0.25, 0.3) is 0 Å². The molecule has 14 nitrogen and oxygen atoms in total. The second kappa shape index (κ2) is 31.8. The van der Waals surface area contributed by atoms with Gasteiger partial charge in [-0.15, -0.1) is 0 Å². The quantitative estimate of drug-likeness (QED) is 0.0179. The number of aliphatic hydroxyl groups excluding tert-OH is 2. The summed E-state index contributed by atoms with van der Waals surface area (Å²) in [4.78, 5) is 58.6. The SMILES string of the molecule is CCCCCCCCCCCCCCC(=O)OC[C@H](COP(=O)(O)OC[C@H](N)C(=O)O)OC(=O)CCCCCC[C@H]1[C@@H](O)CC(=O)[C@@H]1/C=C/[C@@H](O)CCCCC. The molecule has 0 aliphatic heterocycles. The molecule has 0 heterocycles. The first-order chi connectivity index (χ1) is 26.8. The van der Waals surface area contributed by atoms with E-state index in [1.807, 2.05) is 0 Å². The van der Waals surface area contributed by atoms with Crippen LogP contribution in [0.2, 0.25) is 0 Å². The summed E-state index contributed by atoms with van der Waals surface area (Å²) in [6.45, 7) is 2.45. The Morgan fingerprint density at radius 1 is 0.786 bits per heavy atom. The van der Waals surface area contributed by atoms with Crippen LogP contribution in [0.1, 0.15) is 168 Å². The zero-order chi connectivity index (χ0) is 41.6. The highest BCUT2D eigenvalue weighted by molar-refractivity contribution is 7.47. The van der Waals surface area contributed by atoms with Crippen molar-refractivity contribution in [3.8, 4) is 0 Å². The van der Waals surface area contributed by atoms with Crippen molar-refractivity contribution in [2.45, 2.75) is 192 Å². The van der Waals surface area contributed by atoms with Gasteiger partial charge >= 0.3 is 25.7 Å². The van der Waals surface area contributed by atoms with Crippen molar-refractivity contribution in [2.75, 3.05) is 19.8 Å². The van der Waals surface area contributed by atoms with Gasteiger partial charge in [-0.2, -0.15) is 0 Å². The minimum Gasteiger partial charge on any atom is -0.480 e. The van der Waals surface area contributed by atoms with Gasteiger partial charge in [0.15, 0.2) is 6.10 Å². The Labute approximate surface area is 335 Å². The predicted octanol–water partition coefficient (Wildman–Crippen LogP) is 7.48. The first-order valence-corrected chi connectivity index (χ1v) is 22.8. The lowest BCUT2D eigenvalue weighted by Crippen LogP contribution is -2.34. The number of carbonyl (C=O) groups is 4. The molecule has 15 heteroatoms. The molecular weight excluding hydrogens is 745 g/mol. The second-order valence-corrected chi connectivity index (χ2v) is 16.7. The lowest BCUT2D eigenvalue weighted by molar-refractivity contribution is -0.161. The van der Waals surface area contributed by atoms with Crippen molar-refractivity contribution >= 4 is 31.5 Å². The lowest BCUT2D eigenvalue weighted by Gasteiger charge is -2.20. The van der Waals surface area contributed by atoms with E-state index in [1.165, 1.54) is 51.4 Å². The molecule has 1 fully saturated rings. The van der Waals surface area contributed by atoms with E-state index in [0.29, 0.717) is 32.1 Å². The van der Waals surface area contributed by atoms with E-state index >= 15 is 0 Å². The molecule has 1 aliphatic carbocycles. The molecule has 1 saturated carbocycles. The fraction of sp³-hybridized carbons (Fsp3) is 0.854. The van der Waals surface area contributed by atoms with Crippen LogP contribution in [-0.4, -0.2) is 88.1 Å². The van der Waals surface area contributed by atoms with Gasteiger partial charge in [0.25, 0.3) is 0 Å². The highest BCUT2D eigenvalue weighted by atomic mass is 31.2. The van der Waals surface area contributed by atoms with Crippen LogP contribution in [0.3, 0.4) is 0 Å². The molecular formula is C41H74NO13P. The summed E-state index contributed by atoms with van der Waals surface area (Å²) in [7, 11) is -4.78. The maximum atomic E-state index is 12.7. The van der Waals surface area contributed by atoms with Gasteiger partial charge in [0.05, 0.1) is 25.4 Å². The highest BCUT2D eigenvalue weighted by Gasteiger charge is 2.39. The summed E-state index contributed by atoms with van der Waals surface area (Å²) in [6.07, 6.45) is 21.9. The number of rotatable bonds is 36. The summed E-state index contributed by atoms with van der Waals surface area (Å²) < 4.78 is 32.6. The average Bonchev–Trinajstić information content (AvgIpc) is 3.43. The maximum absolute atomic E-state index is 12.7. The Balaban J connectivity index is 2.50. The molecule has 0 bridgehead atoms. The van der Waals surface area contributed by atoms with Gasteiger partial charge in [0.2, 0.25) is 0 Å². The normalized spacial score (nSPS) is 19.8. The number of phosphoric ester groups is 1. The smallest absolute Gasteiger partial charge is 0.472 e. The number of carbonyl (C=O) groups excluding carboxylic acids is 3. The number of hydrogen-bond acceptors (Lipinski definition) is 12. The van der Waals surface area contributed by atoms with Crippen LogP contribution in [0.15, 0.2) is 12.2 Å². The van der Waals surface area contributed by atoms with Crippen molar-refractivity contribution < 1.29 is 62.5 Å². The Morgan fingerprint density at radius 3 is 1.89 bits per heavy atom. The van der Waals surface area contributed by atoms with E-state index in [1.54, 1.807) is 12.2 Å². The molecule has 0 aromatic heterocycles. The van der Waals surface area contributed by atoms with E-state index in [9.17, 15) is 38.8 Å². The number of unbranched alkanes of at least 4 members (excludes halogenated alkanes) is 16. The van der Waals surface area contributed by atoms with E-state index in [0.717, 1.165) is 51.4 Å². The van der Waals surface area contributed by atoms with Gasteiger partial charge in [-0.05, 0) is 31.6 Å². The van der Waals surface area contributed by atoms with Crippen molar-refractivity contribution in [1.82, 2.24) is 0 Å². The van der Waals surface area contributed by atoms with Crippen LogP contribution in [0, 0.1) is 11.8 Å². The molecule has 0 saturated heterocycles. The van der Waals surface area contributed by atoms with Crippen LogP contribution >= 0.6 is 7.82 Å². The number of carboxylic acids is 1. The number of ether oxygens (including phenoxy) is 2. The summed E-state index contributed by atoms with van der Waals surface area (Å²) in [5.41, 5.74) is 5.32. The summed E-state index contributed by atoms with van der Waals surface area (Å²) in [6, 6.07) is -1.56. The van der Waals surface area contributed by atoms with Crippen molar-refractivity contribution in [2.24, 2.45) is 17.6 Å². The van der Waals surface area contributed by atoms with Gasteiger partial charge in [-0.3, -0.25) is 28.2 Å². The fourth-order valence-corrected chi connectivity index (χ4v) is 7.51. The number of carboxylic acid groups (broad SMARTS) is 1. The zero-order valence-electron chi connectivity index (χ0n) is 34.2. The van der Waals surface area contributed by atoms with Crippen molar-refractivity contribution in [1.29, 1.82) is 0 Å². The third-order valence-electron chi connectivity index (χ3n) is 10.2. The number of allylic oxidation sites excluding steroid dienone is 1. The first-order valence-electron chi connectivity index (χ1n) is 21.3. The highest BCUT2D eigenvalue weighted by Crippen LogP contribution is 2.43. The van der Waals surface area contributed by atoms with Crippen LogP contribution in [0.5, 0.6) is 0 Å². The number of Topliss-reactive ketones (excluding diaryl/α,β-unsaturated/α-hetero) is 1. The Hall–Kier alpha value is -2.19. The lowest BCUT2D eigenvalue weighted by atomic mass is 9.88. The fourth-order valence-electron chi connectivity index (χ4n) is 6.73. The number of aliphatic hydroxyl groups is 2. The molecule has 7 atom stereocenters. The molecule has 6 N–H and O–H groups in total. The summed E-state index contributed by atoms with van der Waals surface area (Å²) in [5.74, 6) is -3.23. The molecule has 326 valence electrons. The molecule has 1 aliphatic rings. The van der Waals surface area contributed by atoms with E-state index in [4.69, 9.17) is 24.8 Å². The molecule has 0 aromatic rings. The number of aliphatic carboxylic acids is 1.